The van der Waals surface area contributed by atoms with Gasteiger partial charge < -0.3 is 5.11 Å². The van der Waals surface area contributed by atoms with Crippen LogP contribution < -0.4 is 4.90 Å². The molecule has 5 nitrogen and oxygen atoms in total. The fourth-order valence-corrected chi connectivity index (χ4v) is 1.73. The number of nitrogens with zero attached hydrogens (tertiary/aromatic N) is 1. The zero-order chi connectivity index (χ0) is 12.7. The van der Waals surface area contributed by atoms with Gasteiger partial charge in [-0.05, 0) is 18.2 Å². The Morgan fingerprint density at radius 1 is 1.41 bits per heavy atom. The zero-order valence-corrected chi connectivity index (χ0v) is 8.94. The van der Waals surface area contributed by atoms with Crippen LogP contribution in [0.3, 0.4) is 0 Å². The predicted octanol–water partition coefficient (Wildman–Crippen LogP) is 1.25. The molecular weight excluding hydrogens is 253 g/mol. The van der Waals surface area contributed by atoms with Crippen LogP contribution in [-0.2, 0) is 9.59 Å². The molecule has 1 aliphatic rings. The maximum atomic E-state index is 13.4. The number of halogens is 2. The number of benzene rings is 1. The van der Waals surface area contributed by atoms with E-state index in [1.54, 1.807) is 0 Å². The Balaban J connectivity index is 2.57. The van der Waals surface area contributed by atoms with Gasteiger partial charge in [0.1, 0.15) is 0 Å². The number of hydrogen-bond acceptors (Lipinski definition) is 3. The molecule has 0 aromatic heterocycles. The van der Waals surface area contributed by atoms with Crippen molar-refractivity contribution in [2.45, 2.75) is 6.30 Å². The number of anilines is 1. The van der Waals surface area contributed by atoms with Crippen LogP contribution in [0.5, 0.6) is 0 Å². The highest BCUT2D eigenvalue weighted by Crippen LogP contribution is 2.33. The van der Waals surface area contributed by atoms with Gasteiger partial charge in [-0.15, -0.1) is 0 Å². The standard InChI is InChI=1S/C10H5ClFNO4/c11-4-1-2-5-6(3-4)13(8(12)10(16)17)9(15)7(5)14/h1-3,8H,(H,16,17). The van der Waals surface area contributed by atoms with Crippen molar-refractivity contribution in [1.82, 2.24) is 0 Å². The first-order valence-electron chi connectivity index (χ1n) is 4.48. The molecule has 1 aromatic carbocycles. The highest BCUT2D eigenvalue weighted by atomic mass is 35.5. The smallest absolute Gasteiger partial charge is 0.360 e. The third-order valence-corrected chi connectivity index (χ3v) is 2.54. The second-order valence-corrected chi connectivity index (χ2v) is 3.78. The lowest BCUT2D eigenvalue weighted by atomic mass is 10.1. The number of carboxylic acid groups (broad SMARTS) is 1. The van der Waals surface area contributed by atoms with Crippen LogP contribution in [0.4, 0.5) is 10.1 Å². The molecule has 0 bridgehead atoms. The summed E-state index contributed by atoms with van der Waals surface area (Å²) in [7, 11) is 0. The van der Waals surface area contributed by atoms with Gasteiger partial charge >= 0.3 is 11.9 Å². The lowest BCUT2D eigenvalue weighted by Crippen LogP contribution is -2.41. The van der Waals surface area contributed by atoms with E-state index >= 15 is 0 Å². The van der Waals surface area contributed by atoms with Crippen molar-refractivity contribution in [1.29, 1.82) is 0 Å². The van der Waals surface area contributed by atoms with Crippen LogP contribution in [0.25, 0.3) is 0 Å². The summed E-state index contributed by atoms with van der Waals surface area (Å²) in [6.07, 6.45) is -2.61. The number of carbonyl (C=O) groups is 3. The Morgan fingerprint density at radius 2 is 2.06 bits per heavy atom. The highest BCUT2D eigenvalue weighted by Gasteiger charge is 2.42. The highest BCUT2D eigenvalue weighted by molar-refractivity contribution is 6.53. The second-order valence-electron chi connectivity index (χ2n) is 3.34. The van der Waals surface area contributed by atoms with Crippen molar-refractivity contribution in [2.75, 3.05) is 4.90 Å². The molecule has 0 spiro atoms. The van der Waals surface area contributed by atoms with Crippen LogP contribution >= 0.6 is 11.6 Å². The average molecular weight is 258 g/mol. The van der Waals surface area contributed by atoms with E-state index in [0.29, 0.717) is 0 Å². The van der Waals surface area contributed by atoms with Crippen molar-refractivity contribution in [3.63, 3.8) is 0 Å². The van der Waals surface area contributed by atoms with Crippen LogP contribution in [0.2, 0.25) is 5.02 Å². The minimum Gasteiger partial charge on any atom is -0.478 e. The molecule has 1 aliphatic heterocycles. The third kappa shape index (κ3) is 1.66. The molecule has 0 fully saturated rings. The summed E-state index contributed by atoms with van der Waals surface area (Å²) >= 11 is 5.65. The molecule has 0 aliphatic carbocycles. The van der Waals surface area contributed by atoms with Gasteiger partial charge in [-0.2, -0.15) is 0 Å². The van der Waals surface area contributed by atoms with Crippen LogP contribution in [-0.4, -0.2) is 29.1 Å². The number of carboxylic acids is 1. The quantitative estimate of drug-likeness (QED) is 0.639. The van der Waals surface area contributed by atoms with E-state index in [0.717, 1.165) is 0 Å². The number of ketones is 1. The summed E-state index contributed by atoms with van der Waals surface area (Å²) in [5, 5.41) is 8.70. The lowest BCUT2D eigenvalue weighted by molar-refractivity contribution is -0.144. The van der Waals surface area contributed by atoms with E-state index in [1.807, 2.05) is 0 Å². The van der Waals surface area contributed by atoms with Crippen molar-refractivity contribution in [2.24, 2.45) is 0 Å². The molecule has 1 N–H and O–H groups in total. The Labute approximate surface area is 99.4 Å². The van der Waals surface area contributed by atoms with E-state index in [1.165, 1.54) is 18.2 Å². The van der Waals surface area contributed by atoms with Crippen molar-refractivity contribution < 1.29 is 23.9 Å². The number of aliphatic carboxylic acids is 1. The Kier molecular flexibility index (Phi) is 2.59. The zero-order valence-electron chi connectivity index (χ0n) is 8.18. The molecule has 17 heavy (non-hydrogen) atoms. The number of amides is 1. The van der Waals surface area contributed by atoms with Crippen LogP contribution in [0, 0.1) is 0 Å². The molecule has 7 heteroatoms. The summed E-state index contributed by atoms with van der Waals surface area (Å²) in [6, 6.07) is 3.80. The van der Waals surface area contributed by atoms with Crippen molar-refractivity contribution in [3.05, 3.63) is 28.8 Å². The predicted molar refractivity (Wildman–Crippen MR) is 55.8 cm³/mol. The molecule has 1 unspecified atom stereocenters. The number of alkyl halides is 1. The van der Waals surface area contributed by atoms with Gasteiger partial charge in [-0.25, -0.2) is 9.18 Å². The van der Waals surface area contributed by atoms with E-state index in [-0.39, 0.29) is 21.2 Å². The first-order chi connectivity index (χ1) is 7.93. The maximum Gasteiger partial charge on any atom is 0.360 e. The molecule has 0 saturated carbocycles. The Morgan fingerprint density at radius 3 is 2.65 bits per heavy atom. The van der Waals surface area contributed by atoms with Crippen molar-refractivity contribution >= 4 is 34.9 Å². The topological polar surface area (TPSA) is 74.7 Å². The van der Waals surface area contributed by atoms with Gasteiger partial charge in [0.15, 0.2) is 0 Å². The molecule has 88 valence electrons. The van der Waals surface area contributed by atoms with Gasteiger partial charge in [0, 0.05) is 5.02 Å². The Hall–Kier alpha value is -1.95. The van der Waals surface area contributed by atoms with Crippen LogP contribution in [0.15, 0.2) is 18.2 Å². The molecule has 1 heterocycles. The SMILES string of the molecule is O=C1C(=O)N(C(F)C(=O)O)c2cc(Cl)ccc21. The monoisotopic (exact) mass is 257 g/mol. The number of fused-ring (bicyclic) bond motifs is 1. The maximum absolute atomic E-state index is 13.4. The molecular formula is C10H5ClFNO4. The second kappa shape index (κ2) is 3.81. The lowest BCUT2D eigenvalue weighted by Gasteiger charge is -2.17. The average Bonchev–Trinajstić information content (AvgIpc) is 2.50. The molecule has 0 saturated heterocycles. The van der Waals surface area contributed by atoms with Gasteiger partial charge in [0.25, 0.3) is 12.1 Å². The van der Waals surface area contributed by atoms with E-state index in [9.17, 15) is 18.8 Å². The van der Waals surface area contributed by atoms with Crippen LogP contribution in [0.1, 0.15) is 10.4 Å². The first kappa shape index (κ1) is 11.5. The van der Waals surface area contributed by atoms with E-state index < -0.39 is 24.0 Å². The molecule has 1 amide bonds. The summed E-state index contributed by atoms with van der Waals surface area (Å²) in [6.45, 7) is 0. The largest absolute Gasteiger partial charge is 0.478 e. The van der Waals surface area contributed by atoms with Gasteiger partial charge in [-0.3, -0.25) is 14.5 Å². The summed E-state index contributed by atoms with van der Waals surface area (Å²) in [5.41, 5.74) is -0.175. The number of rotatable bonds is 2. The van der Waals surface area contributed by atoms with E-state index in [4.69, 9.17) is 16.7 Å². The fourth-order valence-electron chi connectivity index (χ4n) is 1.57. The molecule has 0 radical (unpaired) electrons. The number of carbonyl (C=O) groups excluding carboxylic acids is 2. The summed E-state index contributed by atoms with van der Waals surface area (Å²) in [4.78, 5) is 33.7. The number of Topliss-reactive ketones (excluding diaryl/α,β-unsaturated/α-hetero) is 1. The number of hydrogen-bond donors (Lipinski definition) is 1. The summed E-state index contributed by atoms with van der Waals surface area (Å²) < 4.78 is 13.4. The molecule has 1 aromatic rings. The minimum absolute atomic E-state index is 0.0525. The van der Waals surface area contributed by atoms with Gasteiger partial charge in [0.2, 0.25) is 0 Å². The first-order valence-corrected chi connectivity index (χ1v) is 4.85. The summed E-state index contributed by atoms with van der Waals surface area (Å²) in [5.74, 6) is -4.00. The molecule has 2 rings (SSSR count). The Bertz CT molecular complexity index is 545. The van der Waals surface area contributed by atoms with Gasteiger partial charge in [0.05, 0.1) is 11.3 Å². The normalized spacial score (nSPS) is 16.0. The van der Waals surface area contributed by atoms with E-state index in [2.05, 4.69) is 0 Å². The fraction of sp³-hybridized carbons (Fsp3) is 0.100. The third-order valence-electron chi connectivity index (χ3n) is 2.31. The minimum atomic E-state index is -2.61. The molecule has 1 atom stereocenters. The van der Waals surface area contributed by atoms with Crippen molar-refractivity contribution in [3.8, 4) is 0 Å². The van der Waals surface area contributed by atoms with Gasteiger partial charge in [-0.1, -0.05) is 11.6 Å².